The van der Waals surface area contributed by atoms with Crippen molar-refractivity contribution in [2.75, 3.05) is 11.4 Å². The third-order valence-electron chi connectivity index (χ3n) is 2.54. The molecule has 1 aliphatic rings. The van der Waals surface area contributed by atoms with Crippen molar-refractivity contribution in [2.24, 2.45) is 0 Å². The molecular formula is C10H15N3OS2. The molecule has 0 N–H and O–H groups in total. The molecule has 16 heavy (non-hydrogen) atoms. The van der Waals surface area contributed by atoms with E-state index < -0.39 is 0 Å². The van der Waals surface area contributed by atoms with E-state index in [2.05, 4.69) is 29.7 Å². The molecule has 1 aliphatic heterocycles. The second-order valence-corrected chi connectivity index (χ2v) is 5.72. The van der Waals surface area contributed by atoms with Crippen molar-refractivity contribution in [3.63, 3.8) is 0 Å². The van der Waals surface area contributed by atoms with Crippen LogP contribution in [0.25, 0.3) is 0 Å². The van der Waals surface area contributed by atoms with Gasteiger partial charge in [0.2, 0.25) is 11.0 Å². The number of hydrogen-bond donors (Lipinski definition) is 1. The predicted octanol–water partition coefficient (Wildman–Crippen LogP) is 1.92. The fraction of sp³-hybridized carbons (Fsp3) is 0.700. The van der Waals surface area contributed by atoms with Gasteiger partial charge in [-0.15, -0.1) is 10.2 Å². The Bertz CT molecular complexity index is 380. The first-order valence-electron chi connectivity index (χ1n) is 5.51. The summed E-state index contributed by atoms with van der Waals surface area (Å²) in [6, 6.07) is 0. The Morgan fingerprint density at radius 2 is 2.38 bits per heavy atom. The van der Waals surface area contributed by atoms with Crippen LogP contribution in [-0.2, 0) is 11.2 Å². The van der Waals surface area contributed by atoms with Crippen molar-refractivity contribution in [1.29, 1.82) is 0 Å². The second-order valence-electron chi connectivity index (χ2n) is 3.94. The minimum Gasteiger partial charge on any atom is -0.286 e. The SMILES string of the molecule is CCCCc1nnc(N2CC(S)CC2=O)s1. The average molecular weight is 257 g/mol. The number of aromatic nitrogens is 2. The average Bonchev–Trinajstić information content (AvgIpc) is 2.82. The smallest absolute Gasteiger partial charge is 0.230 e. The fourth-order valence-corrected chi connectivity index (χ4v) is 2.88. The molecule has 1 unspecified atom stereocenters. The van der Waals surface area contributed by atoms with Crippen LogP contribution >= 0.6 is 24.0 Å². The van der Waals surface area contributed by atoms with Crippen molar-refractivity contribution in [2.45, 2.75) is 37.9 Å². The zero-order valence-corrected chi connectivity index (χ0v) is 10.9. The van der Waals surface area contributed by atoms with Gasteiger partial charge in [-0.05, 0) is 6.42 Å². The van der Waals surface area contributed by atoms with Gasteiger partial charge in [-0.25, -0.2) is 0 Å². The van der Waals surface area contributed by atoms with E-state index in [0.717, 1.165) is 29.4 Å². The maximum atomic E-state index is 11.6. The van der Waals surface area contributed by atoms with Crippen molar-refractivity contribution < 1.29 is 4.79 Å². The van der Waals surface area contributed by atoms with Crippen LogP contribution in [0.4, 0.5) is 5.13 Å². The molecule has 0 aliphatic carbocycles. The summed E-state index contributed by atoms with van der Waals surface area (Å²) >= 11 is 5.84. The number of thiol groups is 1. The third-order valence-corrected chi connectivity index (χ3v) is 3.89. The van der Waals surface area contributed by atoms with Gasteiger partial charge in [0, 0.05) is 24.6 Å². The number of carbonyl (C=O) groups excluding carboxylic acids is 1. The van der Waals surface area contributed by atoms with E-state index in [1.165, 1.54) is 11.3 Å². The van der Waals surface area contributed by atoms with Crippen LogP contribution in [0.5, 0.6) is 0 Å². The van der Waals surface area contributed by atoms with Gasteiger partial charge in [-0.1, -0.05) is 24.7 Å². The quantitative estimate of drug-likeness (QED) is 0.838. The summed E-state index contributed by atoms with van der Waals surface area (Å²) in [5.74, 6) is 0.109. The Morgan fingerprint density at radius 3 is 3.00 bits per heavy atom. The molecule has 1 amide bonds. The van der Waals surface area contributed by atoms with Crippen molar-refractivity contribution in [1.82, 2.24) is 10.2 Å². The minimum atomic E-state index is 0.109. The highest BCUT2D eigenvalue weighted by atomic mass is 32.1. The first-order valence-corrected chi connectivity index (χ1v) is 6.84. The lowest BCUT2D eigenvalue weighted by molar-refractivity contribution is -0.117. The van der Waals surface area contributed by atoms with Crippen LogP contribution in [0.2, 0.25) is 0 Å². The maximum absolute atomic E-state index is 11.6. The van der Waals surface area contributed by atoms with E-state index in [1.54, 1.807) is 4.90 Å². The summed E-state index contributed by atoms with van der Waals surface area (Å²) < 4.78 is 0. The molecule has 0 saturated carbocycles. The number of hydrogen-bond acceptors (Lipinski definition) is 5. The van der Waals surface area contributed by atoms with E-state index >= 15 is 0 Å². The molecule has 1 atom stereocenters. The zero-order valence-electron chi connectivity index (χ0n) is 9.22. The minimum absolute atomic E-state index is 0.109. The van der Waals surface area contributed by atoms with Gasteiger partial charge >= 0.3 is 0 Å². The van der Waals surface area contributed by atoms with Crippen LogP contribution in [0, 0.1) is 0 Å². The van der Waals surface area contributed by atoms with E-state index in [1.807, 2.05) is 0 Å². The van der Waals surface area contributed by atoms with Crippen LogP contribution in [0.3, 0.4) is 0 Å². The molecule has 6 heteroatoms. The zero-order chi connectivity index (χ0) is 11.5. The summed E-state index contributed by atoms with van der Waals surface area (Å²) in [5, 5.41) is 10.1. The highest BCUT2D eigenvalue weighted by molar-refractivity contribution is 7.81. The molecule has 1 aromatic rings. The van der Waals surface area contributed by atoms with Gasteiger partial charge in [0.05, 0.1) is 0 Å². The van der Waals surface area contributed by atoms with Crippen LogP contribution in [0.1, 0.15) is 31.2 Å². The molecule has 0 bridgehead atoms. The predicted molar refractivity (Wildman–Crippen MR) is 68.3 cm³/mol. The number of amides is 1. The molecule has 0 aromatic carbocycles. The van der Waals surface area contributed by atoms with Gasteiger partial charge in [0.1, 0.15) is 5.01 Å². The number of anilines is 1. The lowest BCUT2D eigenvalue weighted by Crippen LogP contribution is -2.24. The standard InChI is InChI=1S/C10H15N3OS2/c1-2-3-4-8-11-12-10(16-8)13-6-7(15)5-9(13)14/h7,15H,2-6H2,1H3. The Labute approximate surface area is 104 Å². The van der Waals surface area contributed by atoms with E-state index in [0.29, 0.717) is 13.0 Å². The summed E-state index contributed by atoms with van der Waals surface area (Å²) in [7, 11) is 0. The molecular weight excluding hydrogens is 242 g/mol. The molecule has 2 rings (SSSR count). The van der Waals surface area contributed by atoms with E-state index in [9.17, 15) is 4.79 Å². The van der Waals surface area contributed by atoms with Crippen LogP contribution < -0.4 is 4.90 Å². The van der Waals surface area contributed by atoms with Gasteiger partial charge < -0.3 is 0 Å². The first-order chi connectivity index (χ1) is 7.70. The maximum Gasteiger partial charge on any atom is 0.230 e. The number of aryl methyl sites for hydroxylation is 1. The fourth-order valence-electron chi connectivity index (χ4n) is 1.66. The lowest BCUT2D eigenvalue weighted by atomic mass is 10.3. The largest absolute Gasteiger partial charge is 0.286 e. The summed E-state index contributed by atoms with van der Waals surface area (Å²) in [5.41, 5.74) is 0. The molecule has 1 aromatic heterocycles. The normalized spacial score (nSPS) is 20.8. The van der Waals surface area contributed by atoms with Crippen LogP contribution in [-0.4, -0.2) is 27.9 Å². The first kappa shape index (κ1) is 11.9. The summed E-state index contributed by atoms with van der Waals surface area (Å²) in [6.07, 6.45) is 3.74. The molecule has 0 spiro atoms. The highest BCUT2D eigenvalue weighted by Crippen LogP contribution is 2.27. The molecule has 1 saturated heterocycles. The van der Waals surface area contributed by atoms with E-state index in [-0.39, 0.29) is 11.2 Å². The third kappa shape index (κ3) is 2.55. The van der Waals surface area contributed by atoms with Crippen molar-refractivity contribution in [3.8, 4) is 0 Å². The monoisotopic (exact) mass is 257 g/mol. The Hall–Kier alpha value is -0.620. The van der Waals surface area contributed by atoms with Gasteiger partial charge in [-0.2, -0.15) is 12.6 Å². The molecule has 1 fully saturated rings. The number of carbonyl (C=O) groups is 1. The highest BCUT2D eigenvalue weighted by Gasteiger charge is 2.30. The van der Waals surface area contributed by atoms with Gasteiger partial charge in [0.25, 0.3) is 0 Å². The number of nitrogens with zero attached hydrogens (tertiary/aromatic N) is 3. The van der Waals surface area contributed by atoms with Gasteiger partial charge in [0.15, 0.2) is 0 Å². The number of rotatable bonds is 4. The van der Waals surface area contributed by atoms with Crippen molar-refractivity contribution >= 4 is 35.0 Å². The van der Waals surface area contributed by atoms with Crippen LogP contribution in [0.15, 0.2) is 0 Å². The Kier molecular flexibility index (Phi) is 3.81. The molecule has 0 radical (unpaired) electrons. The second kappa shape index (κ2) is 5.14. The topological polar surface area (TPSA) is 46.1 Å². The molecule has 2 heterocycles. The summed E-state index contributed by atoms with van der Waals surface area (Å²) in [6.45, 7) is 2.81. The van der Waals surface area contributed by atoms with Gasteiger partial charge in [-0.3, -0.25) is 9.69 Å². The van der Waals surface area contributed by atoms with E-state index in [4.69, 9.17) is 0 Å². The molecule has 88 valence electrons. The number of unbranched alkanes of at least 4 members (excludes halogenated alkanes) is 1. The Morgan fingerprint density at radius 1 is 1.56 bits per heavy atom. The van der Waals surface area contributed by atoms with Crippen molar-refractivity contribution in [3.05, 3.63) is 5.01 Å². The lowest BCUT2D eigenvalue weighted by Gasteiger charge is -2.09. The summed E-state index contributed by atoms with van der Waals surface area (Å²) in [4.78, 5) is 13.3. The molecule has 4 nitrogen and oxygen atoms in total. The Balaban J connectivity index is 2.04.